The number of rotatable bonds is 9. The minimum Gasteiger partial charge on any atom is -0.468 e. The normalized spacial score (nSPS) is 20.2. The van der Waals surface area contributed by atoms with Gasteiger partial charge in [0.15, 0.2) is 0 Å². The van der Waals surface area contributed by atoms with Gasteiger partial charge in [-0.25, -0.2) is 0 Å². The topological polar surface area (TPSA) is 41.6 Å². The quantitative estimate of drug-likeness (QED) is 0.665. The summed E-state index contributed by atoms with van der Waals surface area (Å²) in [4.78, 5) is 14.3. The van der Waals surface area contributed by atoms with Gasteiger partial charge in [-0.05, 0) is 50.7 Å². The van der Waals surface area contributed by atoms with E-state index in [1.165, 1.54) is 45.9 Å². The van der Waals surface area contributed by atoms with Gasteiger partial charge in [0, 0.05) is 6.54 Å². The first-order valence-corrected chi connectivity index (χ1v) is 8.64. The van der Waals surface area contributed by atoms with E-state index >= 15 is 0 Å². The van der Waals surface area contributed by atoms with Crippen molar-refractivity contribution in [1.29, 1.82) is 0 Å². The van der Waals surface area contributed by atoms with Gasteiger partial charge in [-0.1, -0.05) is 33.6 Å². The molecule has 0 spiro atoms. The largest absolute Gasteiger partial charge is 0.468 e. The lowest BCUT2D eigenvalue weighted by atomic mass is 9.74. The van der Waals surface area contributed by atoms with Gasteiger partial charge < -0.3 is 15.0 Å². The van der Waals surface area contributed by atoms with E-state index < -0.39 is 0 Å². The van der Waals surface area contributed by atoms with Gasteiger partial charge in [0.25, 0.3) is 0 Å². The van der Waals surface area contributed by atoms with Crippen LogP contribution in [-0.2, 0) is 9.53 Å². The Labute approximate surface area is 130 Å². The number of nitrogens with zero attached hydrogens (tertiary/aromatic N) is 1. The van der Waals surface area contributed by atoms with Crippen molar-refractivity contribution < 1.29 is 9.53 Å². The second-order valence-corrected chi connectivity index (χ2v) is 6.37. The molecule has 1 aliphatic heterocycles. The van der Waals surface area contributed by atoms with Gasteiger partial charge in [-0.15, -0.1) is 0 Å². The number of methoxy groups -OCH3 is 1. The summed E-state index contributed by atoms with van der Waals surface area (Å²) in [6, 6.07) is -0.154. The SMILES string of the molecule is CCCNC(CCN1CCC(CC)(CC)CC1)C(=O)OC. The highest BCUT2D eigenvalue weighted by Crippen LogP contribution is 2.37. The van der Waals surface area contributed by atoms with Crippen LogP contribution in [0.4, 0.5) is 0 Å². The predicted molar refractivity (Wildman–Crippen MR) is 87.4 cm³/mol. The molecule has 0 radical (unpaired) electrons. The zero-order valence-electron chi connectivity index (χ0n) is 14.4. The van der Waals surface area contributed by atoms with Gasteiger partial charge in [0.05, 0.1) is 7.11 Å². The fraction of sp³-hybridized carbons (Fsp3) is 0.941. The summed E-state index contributed by atoms with van der Waals surface area (Å²) in [7, 11) is 1.47. The highest BCUT2D eigenvalue weighted by molar-refractivity contribution is 5.75. The number of esters is 1. The fourth-order valence-corrected chi connectivity index (χ4v) is 3.28. The van der Waals surface area contributed by atoms with Crippen molar-refractivity contribution in [2.45, 2.75) is 65.3 Å². The maximum atomic E-state index is 11.8. The highest BCUT2D eigenvalue weighted by Gasteiger charge is 2.31. The molecule has 1 N–H and O–H groups in total. The van der Waals surface area contributed by atoms with Crippen LogP contribution in [0.15, 0.2) is 0 Å². The van der Waals surface area contributed by atoms with Crippen LogP contribution in [0.5, 0.6) is 0 Å². The average molecular weight is 298 g/mol. The lowest BCUT2D eigenvalue weighted by Gasteiger charge is -2.41. The van der Waals surface area contributed by atoms with Crippen LogP contribution in [0.1, 0.15) is 59.3 Å². The molecule has 0 amide bonds. The maximum Gasteiger partial charge on any atom is 0.322 e. The van der Waals surface area contributed by atoms with E-state index in [1.54, 1.807) is 0 Å². The molecule has 1 fully saturated rings. The lowest BCUT2D eigenvalue weighted by Crippen LogP contribution is -2.44. The summed E-state index contributed by atoms with van der Waals surface area (Å²) >= 11 is 0. The minimum atomic E-state index is -0.154. The predicted octanol–water partition coefficient (Wildman–Crippen LogP) is 2.82. The van der Waals surface area contributed by atoms with E-state index in [0.717, 1.165) is 25.9 Å². The van der Waals surface area contributed by atoms with Crippen LogP contribution >= 0.6 is 0 Å². The molecule has 4 nitrogen and oxygen atoms in total. The molecule has 1 atom stereocenters. The summed E-state index contributed by atoms with van der Waals surface area (Å²) in [5.74, 6) is -0.128. The summed E-state index contributed by atoms with van der Waals surface area (Å²) in [6.45, 7) is 10.9. The minimum absolute atomic E-state index is 0.128. The Kier molecular flexibility index (Phi) is 8.27. The van der Waals surface area contributed by atoms with E-state index in [4.69, 9.17) is 4.74 Å². The zero-order chi connectivity index (χ0) is 15.7. The Morgan fingerprint density at radius 1 is 1.24 bits per heavy atom. The molecule has 0 saturated carbocycles. The van der Waals surface area contributed by atoms with E-state index in [-0.39, 0.29) is 12.0 Å². The van der Waals surface area contributed by atoms with E-state index in [0.29, 0.717) is 5.41 Å². The summed E-state index contributed by atoms with van der Waals surface area (Å²) in [6.07, 6.45) is 7.06. The Morgan fingerprint density at radius 3 is 2.33 bits per heavy atom. The van der Waals surface area contributed by atoms with Crippen LogP contribution in [0.2, 0.25) is 0 Å². The molecule has 1 aliphatic rings. The Bertz CT molecular complexity index is 293. The van der Waals surface area contributed by atoms with Gasteiger partial charge in [0.2, 0.25) is 0 Å². The smallest absolute Gasteiger partial charge is 0.322 e. The molecule has 0 bridgehead atoms. The van der Waals surface area contributed by atoms with Crippen LogP contribution in [0.3, 0.4) is 0 Å². The van der Waals surface area contributed by atoms with E-state index in [9.17, 15) is 4.79 Å². The van der Waals surface area contributed by atoms with Crippen LogP contribution in [0.25, 0.3) is 0 Å². The number of carbonyl (C=O) groups is 1. The van der Waals surface area contributed by atoms with Gasteiger partial charge >= 0.3 is 5.97 Å². The first-order chi connectivity index (χ1) is 10.1. The standard InChI is InChI=1S/C17H34N2O2/c1-5-11-18-15(16(20)21-4)8-12-19-13-9-17(6-2,7-3)10-14-19/h15,18H,5-14H2,1-4H3. The molecule has 21 heavy (non-hydrogen) atoms. The van der Waals surface area contributed by atoms with Crippen molar-refractivity contribution in [3.8, 4) is 0 Å². The van der Waals surface area contributed by atoms with Crippen LogP contribution in [0, 0.1) is 5.41 Å². The number of ether oxygens (including phenoxy) is 1. The van der Waals surface area contributed by atoms with Crippen molar-refractivity contribution in [2.75, 3.05) is 33.3 Å². The highest BCUT2D eigenvalue weighted by atomic mass is 16.5. The van der Waals surface area contributed by atoms with Crippen LogP contribution < -0.4 is 5.32 Å². The van der Waals surface area contributed by atoms with Crippen molar-refractivity contribution in [1.82, 2.24) is 10.2 Å². The number of nitrogens with one attached hydrogen (secondary N) is 1. The number of hydrogen-bond acceptors (Lipinski definition) is 4. The molecule has 1 unspecified atom stereocenters. The third-order valence-corrected chi connectivity index (χ3v) is 5.28. The first-order valence-electron chi connectivity index (χ1n) is 8.64. The third kappa shape index (κ3) is 5.59. The lowest BCUT2D eigenvalue weighted by molar-refractivity contribution is -0.143. The van der Waals surface area contributed by atoms with Crippen molar-refractivity contribution in [3.63, 3.8) is 0 Å². The summed E-state index contributed by atoms with van der Waals surface area (Å²) in [5, 5.41) is 3.30. The van der Waals surface area contributed by atoms with Crippen molar-refractivity contribution >= 4 is 5.97 Å². The molecule has 1 rings (SSSR count). The first kappa shape index (κ1) is 18.4. The average Bonchev–Trinajstić information content (AvgIpc) is 2.55. The van der Waals surface area contributed by atoms with Crippen molar-refractivity contribution in [3.05, 3.63) is 0 Å². The number of hydrogen-bond donors (Lipinski definition) is 1. The van der Waals surface area contributed by atoms with E-state index in [1.807, 2.05) is 0 Å². The second kappa shape index (κ2) is 9.42. The Morgan fingerprint density at radius 2 is 1.86 bits per heavy atom. The number of likely N-dealkylation sites (tertiary alicyclic amines) is 1. The summed E-state index contributed by atoms with van der Waals surface area (Å²) in [5.41, 5.74) is 0.568. The zero-order valence-corrected chi connectivity index (χ0v) is 14.4. The third-order valence-electron chi connectivity index (χ3n) is 5.28. The van der Waals surface area contributed by atoms with E-state index in [2.05, 4.69) is 31.0 Å². The Balaban J connectivity index is 2.38. The summed E-state index contributed by atoms with van der Waals surface area (Å²) < 4.78 is 4.90. The van der Waals surface area contributed by atoms with Gasteiger partial charge in [-0.2, -0.15) is 0 Å². The van der Waals surface area contributed by atoms with Crippen LogP contribution in [-0.4, -0.2) is 50.2 Å². The monoisotopic (exact) mass is 298 g/mol. The molecular formula is C17H34N2O2. The van der Waals surface area contributed by atoms with Crippen molar-refractivity contribution in [2.24, 2.45) is 5.41 Å². The maximum absolute atomic E-state index is 11.8. The molecule has 1 saturated heterocycles. The number of piperidine rings is 1. The fourth-order valence-electron chi connectivity index (χ4n) is 3.28. The molecule has 0 aromatic carbocycles. The Hall–Kier alpha value is -0.610. The molecule has 0 aliphatic carbocycles. The molecule has 4 heteroatoms. The molecular weight excluding hydrogens is 264 g/mol. The van der Waals surface area contributed by atoms with Gasteiger partial charge in [0.1, 0.15) is 6.04 Å². The molecule has 124 valence electrons. The molecule has 1 heterocycles. The number of carbonyl (C=O) groups excluding carboxylic acids is 1. The second-order valence-electron chi connectivity index (χ2n) is 6.37. The van der Waals surface area contributed by atoms with Gasteiger partial charge in [-0.3, -0.25) is 4.79 Å². The molecule has 0 aromatic rings. The molecule has 0 aromatic heterocycles.